The van der Waals surface area contributed by atoms with Crippen molar-refractivity contribution in [3.63, 3.8) is 0 Å². The van der Waals surface area contributed by atoms with Crippen LogP contribution < -0.4 is 10.9 Å². The van der Waals surface area contributed by atoms with Gasteiger partial charge in [0.15, 0.2) is 6.71 Å². The SMILES string of the molecule is c1ccc(-c2cccc(B(c3cccc(-c4ccccc4)c3)C3C4OC5CCCC6CC7CCC8CC9CCC%10CC%11CCCC%12OC3C3C%13B(C8C7N(C65)C4%13)C9C%10N3C%11%12)c2)cc1. The molecule has 0 radical (unpaired) electrons. The average Bonchev–Trinajstić information content (AvgIpc) is 3.34. The van der Waals surface area contributed by atoms with Gasteiger partial charge in [0.2, 0.25) is 6.71 Å². The normalized spacial score (nSPS) is 46.6. The summed E-state index contributed by atoms with van der Waals surface area (Å²) in [6.07, 6.45) is 19.6. The minimum atomic E-state index is 0.154. The third kappa shape index (κ3) is 5.01. The molecule has 4 aromatic carbocycles. The first-order chi connectivity index (χ1) is 31.2. The van der Waals surface area contributed by atoms with Gasteiger partial charge in [0, 0.05) is 42.1 Å². The predicted octanol–water partition coefficient (Wildman–Crippen LogP) is 9.86. The Kier molecular flexibility index (Phi) is 8.05. The summed E-state index contributed by atoms with van der Waals surface area (Å²) in [5.74, 6) is 7.97. The van der Waals surface area contributed by atoms with Gasteiger partial charge in [-0.3, -0.25) is 9.80 Å². The fraction of sp³-hybridized carbons (Fsp3) is 0.579. The van der Waals surface area contributed by atoms with Crippen molar-refractivity contribution in [2.75, 3.05) is 0 Å². The summed E-state index contributed by atoms with van der Waals surface area (Å²) in [6, 6.07) is 45.8. The highest BCUT2D eigenvalue weighted by Crippen LogP contribution is 2.74. The zero-order chi connectivity index (χ0) is 40.7. The minimum Gasteiger partial charge on any atom is -0.372 e. The highest BCUT2D eigenvalue weighted by Gasteiger charge is 2.78. The number of morpholine rings is 2. The number of ether oxygens (including phenoxy) is 2. The van der Waals surface area contributed by atoms with Gasteiger partial charge in [-0.1, -0.05) is 146 Å². The van der Waals surface area contributed by atoms with Gasteiger partial charge < -0.3 is 9.47 Å². The van der Waals surface area contributed by atoms with Gasteiger partial charge in [-0.2, -0.15) is 0 Å². The number of nitrogens with zero attached hydrogens (tertiary/aromatic N) is 2. The average molecular weight is 831 g/mol. The molecule has 4 aromatic rings. The molecule has 0 amide bonds. The zero-order valence-electron chi connectivity index (χ0n) is 37.0. The molecule has 4 nitrogen and oxygen atoms in total. The van der Waals surface area contributed by atoms with Gasteiger partial charge >= 0.3 is 0 Å². The summed E-state index contributed by atoms with van der Waals surface area (Å²) < 4.78 is 16.5. The van der Waals surface area contributed by atoms with E-state index in [0.717, 1.165) is 65.9 Å². The van der Waals surface area contributed by atoms with Crippen molar-refractivity contribution in [3.8, 4) is 22.3 Å². The van der Waals surface area contributed by atoms with Crippen molar-refractivity contribution in [1.29, 1.82) is 0 Å². The Morgan fingerprint density at radius 2 is 0.857 bits per heavy atom. The van der Waals surface area contributed by atoms with E-state index in [9.17, 15) is 0 Å². The number of rotatable bonds is 5. The summed E-state index contributed by atoms with van der Waals surface area (Å²) in [5, 5.41) is 0. The van der Waals surface area contributed by atoms with Crippen molar-refractivity contribution in [2.24, 2.45) is 35.5 Å². The smallest absolute Gasteiger partial charge is 0.217 e. The Morgan fingerprint density at radius 3 is 1.37 bits per heavy atom. The van der Waals surface area contributed by atoms with E-state index < -0.39 is 0 Å². The molecule has 0 N–H and O–H groups in total. The topological polar surface area (TPSA) is 24.9 Å². The molecule has 0 aromatic heterocycles. The van der Waals surface area contributed by atoms with Crippen molar-refractivity contribution >= 4 is 24.4 Å². The van der Waals surface area contributed by atoms with E-state index in [0.29, 0.717) is 42.2 Å². The van der Waals surface area contributed by atoms with Crippen molar-refractivity contribution < 1.29 is 9.47 Å². The van der Waals surface area contributed by atoms with Crippen LogP contribution in [0.2, 0.25) is 23.3 Å². The van der Waals surface area contributed by atoms with Crippen LogP contribution >= 0.6 is 0 Å². The molecule has 7 saturated heterocycles. The Morgan fingerprint density at radius 1 is 0.413 bits per heavy atom. The maximum Gasteiger partial charge on any atom is 0.217 e. The fourth-order valence-electron chi connectivity index (χ4n) is 20.4. The van der Waals surface area contributed by atoms with E-state index in [2.05, 4.69) is 119 Å². The molecule has 0 spiro atoms. The van der Waals surface area contributed by atoms with Crippen LogP contribution in [0.1, 0.15) is 83.5 Å². The molecule has 63 heavy (non-hydrogen) atoms. The second kappa shape index (κ2) is 13.7. The van der Waals surface area contributed by atoms with Gasteiger partial charge in [-0.25, -0.2) is 0 Å². The largest absolute Gasteiger partial charge is 0.372 e. The van der Waals surface area contributed by atoms with Crippen LogP contribution in [0.5, 0.6) is 0 Å². The summed E-state index contributed by atoms with van der Waals surface area (Å²) in [5.41, 5.74) is 8.17. The van der Waals surface area contributed by atoms with Crippen LogP contribution in [0, 0.1) is 35.5 Å². The van der Waals surface area contributed by atoms with Gasteiger partial charge in [0.1, 0.15) is 0 Å². The second-order valence-electron chi connectivity index (χ2n) is 23.7. The maximum absolute atomic E-state index is 8.23. The third-order valence-corrected chi connectivity index (χ3v) is 21.7. The first kappa shape index (κ1) is 37.0. The van der Waals surface area contributed by atoms with E-state index in [1.807, 2.05) is 0 Å². The zero-order valence-corrected chi connectivity index (χ0v) is 37.0. The Balaban J connectivity index is 0.948. The van der Waals surface area contributed by atoms with Crippen molar-refractivity contribution in [1.82, 2.24) is 9.80 Å². The van der Waals surface area contributed by atoms with Gasteiger partial charge in [0.05, 0.1) is 24.4 Å². The van der Waals surface area contributed by atoms with Crippen LogP contribution in [0.3, 0.4) is 0 Å². The van der Waals surface area contributed by atoms with Crippen molar-refractivity contribution in [2.45, 2.75) is 167 Å². The van der Waals surface area contributed by atoms with Crippen LogP contribution in [0.4, 0.5) is 0 Å². The number of hydrogen-bond donors (Lipinski definition) is 0. The molecule has 7 heterocycles. The molecule has 12 fully saturated rings. The van der Waals surface area contributed by atoms with E-state index in [4.69, 9.17) is 9.47 Å². The van der Waals surface area contributed by atoms with E-state index in [1.54, 1.807) is 6.42 Å². The Labute approximate surface area is 376 Å². The Bertz CT molecular complexity index is 2270. The van der Waals surface area contributed by atoms with E-state index in [1.165, 1.54) is 110 Å². The van der Waals surface area contributed by atoms with Gasteiger partial charge in [-0.05, 0) is 133 Å². The highest BCUT2D eigenvalue weighted by atomic mass is 16.5. The molecule has 18 atom stereocenters. The standard InChI is InChI=1S/C57H64B2N2O2/c1-3-11-32(12-4-1)34-15-7-19-42(30-34)58(43-20-8-16-35(31-43)33-13-5-2-6-14-33)49-56-54-48-55-57(49)63-45-22-10-18-39-29-41-26-24-37-27-36-23-25-40-28-38-17-9-21-44(62-56)50(38)60(54)52(40)46(36)59(48)47(37)53(41)61(55)51(39)45/h1-8,11-16,19-20,30-31,36-41,44-57H,9-10,17-18,21-29H2. The summed E-state index contributed by atoms with van der Waals surface area (Å²) in [6.45, 7) is 1.01. The van der Waals surface area contributed by atoms with Crippen LogP contribution in [-0.2, 0) is 9.47 Å². The molecular weight excluding hydrogens is 766 g/mol. The number of piperidine rings is 2. The first-order valence-corrected chi connectivity index (χ1v) is 26.4. The molecule has 0 bridgehead atoms. The van der Waals surface area contributed by atoms with E-state index in [-0.39, 0.29) is 24.7 Å². The highest BCUT2D eigenvalue weighted by molar-refractivity contribution is 6.86. The molecule has 5 aliphatic carbocycles. The monoisotopic (exact) mass is 831 g/mol. The van der Waals surface area contributed by atoms with Crippen LogP contribution in [-0.4, -0.2) is 83.9 Å². The lowest BCUT2D eigenvalue weighted by atomic mass is 9.12. The van der Waals surface area contributed by atoms with Gasteiger partial charge in [0.25, 0.3) is 0 Å². The predicted molar refractivity (Wildman–Crippen MR) is 254 cm³/mol. The van der Waals surface area contributed by atoms with E-state index >= 15 is 0 Å². The summed E-state index contributed by atoms with van der Waals surface area (Å²) in [4.78, 5) is 6.84. The Hall–Kier alpha value is -3.15. The number of hydrogen-bond acceptors (Lipinski definition) is 4. The lowest BCUT2D eigenvalue weighted by Crippen LogP contribution is -2.88. The molecule has 12 aliphatic rings. The lowest BCUT2D eigenvalue weighted by molar-refractivity contribution is -0.290. The first-order valence-electron chi connectivity index (χ1n) is 26.4. The molecule has 16 rings (SSSR count). The quantitative estimate of drug-likeness (QED) is 0.187. The molecule has 5 saturated carbocycles. The second-order valence-corrected chi connectivity index (χ2v) is 23.7. The summed E-state index contributed by atoms with van der Waals surface area (Å²) >= 11 is 0. The molecule has 6 heteroatoms. The maximum atomic E-state index is 8.23. The third-order valence-electron chi connectivity index (χ3n) is 21.7. The lowest BCUT2D eigenvalue weighted by Gasteiger charge is -2.80. The van der Waals surface area contributed by atoms with Gasteiger partial charge in [-0.15, -0.1) is 0 Å². The van der Waals surface area contributed by atoms with Crippen LogP contribution in [0.15, 0.2) is 109 Å². The molecule has 7 aliphatic heterocycles. The van der Waals surface area contributed by atoms with Crippen molar-refractivity contribution in [3.05, 3.63) is 109 Å². The minimum absolute atomic E-state index is 0.154. The molecular formula is C57H64B2N2O2. The number of benzene rings is 4. The fourth-order valence-corrected chi connectivity index (χ4v) is 20.4. The summed E-state index contributed by atoms with van der Waals surface area (Å²) in [7, 11) is 0. The molecule has 18 unspecified atom stereocenters. The molecule has 320 valence electrons. The van der Waals surface area contributed by atoms with Crippen LogP contribution in [0.25, 0.3) is 22.3 Å².